The molecule has 0 saturated carbocycles. The molecule has 0 aromatic heterocycles. The van der Waals surface area contributed by atoms with E-state index in [9.17, 15) is 0 Å². The molecule has 120 valence electrons. The van der Waals surface area contributed by atoms with E-state index < -0.39 is 0 Å². The van der Waals surface area contributed by atoms with Crippen molar-refractivity contribution in [3.05, 3.63) is 53.1 Å². The summed E-state index contributed by atoms with van der Waals surface area (Å²) in [4.78, 5) is 0. The fraction of sp³-hybridized carbons (Fsp3) is 0.545. The Morgan fingerprint density at radius 1 is 0.955 bits per heavy atom. The van der Waals surface area contributed by atoms with Gasteiger partial charge in [-0.2, -0.15) is 0 Å². The normalized spacial score (nSPS) is 18.2. The van der Waals surface area contributed by atoms with E-state index >= 15 is 0 Å². The molecule has 1 aromatic carbocycles. The highest BCUT2D eigenvalue weighted by atomic mass is 14.6. The molecular formula is C22H32. The van der Waals surface area contributed by atoms with E-state index in [0.717, 1.165) is 6.42 Å². The molecule has 0 nitrogen and oxygen atoms in total. The maximum atomic E-state index is 2.40. The first-order chi connectivity index (χ1) is 10.1. The van der Waals surface area contributed by atoms with Crippen molar-refractivity contribution in [2.75, 3.05) is 0 Å². The van der Waals surface area contributed by atoms with Gasteiger partial charge in [0.05, 0.1) is 0 Å². The van der Waals surface area contributed by atoms with Crippen LogP contribution in [0.4, 0.5) is 0 Å². The van der Waals surface area contributed by atoms with Gasteiger partial charge in [-0.25, -0.2) is 0 Å². The van der Waals surface area contributed by atoms with Crippen LogP contribution in [0.2, 0.25) is 0 Å². The van der Waals surface area contributed by atoms with E-state index in [-0.39, 0.29) is 16.2 Å². The molecule has 0 heteroatoms. The van der Waals surface area contributed by atoms with Gasteiger partial charge in [0.1, 0.15) is 0 Å². The van der Waals surface area contributed by atoms with Gasteiger partial charge in [-0.3, -0.25) is 0 Å². The van der Waals surface area contributed by atoms with Gasteiger partial charge in [-0.05, 0) is 46.4 Å². The summed E-state index contributed by atoms with van der Waals surface area (Å²) < 4.78 is 0. The zero-order chi connectivity index (χ0) is 16.8. The second kappa shape index (κ2) is 5.41. The van der Waals surface area contributed by atoms with Crippen LogP contribution >= 0.6 is 0 Å². The first-order valence-corrected chi connectivity index (χ1v) is 8.56. The number of fused-ring (bicyclic) bond motifs is 1. The molecule has 0 amide bonds. The standard InChI is InChI=1S/C22H32/c1-9-10-14-18-16(2)17-13-11-12-15-19(17)22(18,20(3,4)5)21(6,7)8/h10-15H,9H2,1-8H3/b14-10-. The average Bonchev–Trinajstić information content (AvgIpc) is 2.66. The van der Waals surface area contributed by atoms with Crippen molar-refractivity contribution in [2.45, 2.75) is 67.2 Å². The molecule has 22 heavy (non-hydrogen) atoms. The van der Waals surface area contributed by atoms with Crippen LogP contribution in [0.3, 0.4) is 0 Å². The number of hydrogen-bond acceptors (Lipinski definition) is 0. The molecule has 0 bridgehead atoms. The van der Waals surface area contributed by atoms with E-state index in [1.54, 1.807) is 0 Å². The zero-order valence-corrected chi connectivity index (χ0v) is 15.7. The van der Waals surface area contributed by atoms with Gasteiger partial charge in [0.25, 0.3) is 0 Å². The van der Waals surface area contributed by atoms with Crippen molar-refractivity contribution in [3.63, 3.8) is 0 Å². The Labute approximate surface area is 137 Å². The predicted molar refractivity (Wildman–Crippen MR) is 99.1 cm³/mol. The van der Waals surface area contributed by atoms with Crippen molar-refractivity contribution in [3.8, 4) is 0 Å². The molecule has 0 N–H and O–H groups in total. The van der Waals surface area contributed by atoms with Gasteiger partial charge in [0.15, 0.2) is 0 Å². The van der Waals surface area contributed by atoms with Gasteiger partial charge >= 0.3 is 0 Å². The lowest BCUT2D eigenvalue weighted by molar-refractivity contribution is 0.0933. The van der Waals surface area contributed by atoms with Crippen LogP contribution in [-0.4, -0.2) is 0 Å². The third-order valence-corrected chi connectivity index (χ3v) is 5.31. The molecule has 2 rings (SSSR count). The summed E-state index contributed by atoms with van der Waals surface area (Å²) in [6.07, 6.45) is 5.79. The van der Waals surface area contributed by atoms with E-state index in [0.29, 0.717) is 0 Å². The van der Waals surface area contributed by atoms with Gasteiger partial charge in [0, 0.05) is 5.41 Å². The van der Waals surface area contributed by atoms with Crippen molar-refractivity contribution in [1.29, 1.82) is 0 Å². The molecule has 0 spiro atoms. The summed E-state index contributed by atoms with van der Waals surface area (Å²) in [5.74, 6) is 0. The monoisotopic (exact) mass is 296 g/mol. The topological polar surface area (TPSA) is 0 Å². The first-order valence-electron chi connectivity index (χ1n) is 8.56. The molecular weight excluding hydrogens is 264 g/mol. The molecule has 0 atom stereocenters. The third-order valence-electron chi connectivity index (χ3n) is 5.31. The van der Waals surface area contributed by atoms with Crippen LogP contribution in [0, 0.1) is 10.8 Å². The fourth-order valence-corrected chi connectivity index (χ4v) is 4.94. The molecule has 0 saturated heterocycles. The van der Waals surface area contributed by atoms with E-state index in [1.165, 1.54) is 22.3 Å². The Kier molecular flexibility index (Phi) is 4.19. The lowest BCUT2D eigenvalue weighted by Gasteiger charge is -2.54. The first kappa shape index (κ1) is 17.1. The van der Waals surface area contributed by atoms with E-state index in [4.69, 9.17) is 0 Å². The third kappa shape index (κ3) is 2.19. The van der Waals surface area contributed by atoms with Crippen LogP contribution in [0.1, 0.15) is 72.9 Å². The van der Waals surface area contributed by atoms with Crippen LogP contribution < -0.4 is 0 Å². The van der Waals surface area contributed by atoms with Crippen LogP contribution in [0.25, 0.3) is 5.57 Å². The van der Waals surface area contributed by atoms with Crippen LogP contribution in [0.15, 0.2) is 42.0 Å². The Hall–Kier alpha value is -1.30. The van der Waals surface area contributed by atoms with Crippen molar-refractivity contribution in [2.24, 2.45) is 10.8 Å². The number of allylic oxidation sites excluding steroid dienone is 4. The van der Waals surface area contributed by atoms with Gasteiger partial charge in [-0.15, -0.1) is 0 Å². The Morgan fingerprint density at radius 2 is 1.50 bits per heavy atom. The lowest BCUT2D eigenvalue weighted by Crippen LogP contribution is -2.50. The highest BCUT2D eigenvalue weighted by molar-refractivity contribution is 5.82. The summed E-state index contributed by atoms with van der Waals surface area (Å²) in [5.41, 5.74) is 6.22. The highest BCUT2D eigenvalue weighted by Crippen LogP contribution is 2.63. The number of rotatable bonds is 2. The summed E-state index contributed by atoms with van der Waals surface area (Å²) in [7, 11) is 0. The van der Waals surface area contributed by atoms with Crippen molar-refractivity contribution in [1.82, 2.24) is 0 Å². The fourth-order valence-electron chi connectivity index (χ4n) is 4.94. The van der Waals surface area contributed by atoms with Crippen molar-refractivity contribution < 1.29 is 0 Å². The molecule has 0 unspecified atom stereocenters. The zero-order valence-electron chi connectivity index (χ0n) is 15.7. The van der Waals surface area contributed by atoms with E-state index in [2.05, 4.69) is 91.8 Å². The largest absolute Gasteiger partial charge is 0.0845 e. The molecule has 0 radical (unpaired) electrons. The second-order valence-electron chi connectivity index (χ2n) is 8.64. The minimum atomic E-state index is 0.0341. The molecule has 0 aliphatic heterocycles. The summed E-state index contributed by atoms with van der Waals surface area (Å²) in [5, 5.41) is 0. The smallest absolute Gasteiger partial charge is 0.0308 e. The predicted octanol–water partition coefficient (Wildman–Crippen LogP) is 6.77. The van der Waals surface area contributed by atoms with Gasteiger partial charge < -0.3 is 0 Å². The molecule has 0 fully saturated rings. The Morgan fingerprint density at radius 3 is 2.00 bits per heavy atom. The maximum Gasteiger partial charge on any atom is 0.0308 e. The van der Waals surface area contributed by atoms with Crippen molar-refractivity contribution >= 4 is 5.57 Å². The van der Waals surface area contributed by atoms with Gasteiger partial charge in [-0.1, -0.05) is 84.9 Å². The minimum Gasteiger partial charge on any atom is -0.0845 e. The molecule has 0 heterocycles. The Bertz CT molecular complexity index is 598. The second-order valence-corrected chi connectivity index (χ2v) is 8.64. The molecule has 1 aliphatic carbocycles. The summed E-state index contributed by atoms with van der Waals surface area (Å²) in [6.45, 7) is 18.9. The average molecular weight is 296 g/mol. The Balaban J connectivity index is 2.92. The number of benzene rings is 1. The molecule has 1 aromatic rings. The molecule has 1 aliphatic rings. The quantitative estimate of drug-likeness (QED) is 0.565. The minimum absolute atomic E-state index is 0.0341. The highest BCUT2D eigenvalue weighted by Gasteiger charge is 2.57. The van der Waals surface area contributed by atoms with Crippen LogP contribution in [-0.2, 0) is 5.41 Å². The lowest BCUT2D eigenvalue weighted by atomic mass is 9.49. The van der Waals surface area contributed by atoms with E-state index in [1.807, 2.05) is 0 Å². The summed E-state index contributed by atoms with van der Waals surface area (Å²) in [6, 6.07) is 9.02. The van der Waals surface area contributed by atoms with Crippen LogP contribution in [0.5, 0.6) is 0 Å². The SMILES string of the molecule is CC/C=C\C1=C(C)c2ccccc2C1(C(C)(C)C)C(C)(C)C. The van der Waals surface area contributed by atoms with Gasteiger partial charge in [0.2, 0.25) is 0 Å². The summed E-state index contributed by atoms with van der Waals surface area (Å²) >= 11 is 0. The number of hydrogen-bond donors (Lipinski definition) is 0. The maximum absolute atomic E-state index is 2.40.